The van der Waals surface area contributed by atoms with Crippen LogP contribution >= 0.6 is 38.6 Å². The molecule has 1 aliphatic heterocycles. The van der Waals surface area contributed by atoms with Gasteiger partial charge in [-0.15, -0.1) is 11.3 Å². The first-order chi connectivity index (χ1) is 15.8. The monoisotopic (exact) mass is 546 g/mol. The van der Waals surface area contributed by atoms with Gasteiger partial charge in [0.15, 0.2) is 4.80 Å². The van der Waals surface area contributed by atoms with E-state index in [1.54, 1.807) is 29.8 Å². The maximum atomic E-state index is 13.6. The van der Waals surface area contributed by atoms with Crippen LogP contribution < -0.4 is 19.6 Å². The number of allylic oxidation sites excluding steroid dienone is 1. The van der Waals surface area contributed by atoms with Crippen LogP contribution in [0.1, 0.15) is 44.2 Å². The van der Waals surface area contributed by atoms with Crippen LogP contribution in [0.25, 0.3) is 6.08 Å². The number of fused-ring (bicyclic) bond motifs is 1. The van der Waals surface area contributed by atoms with Crippen molar-refractivity contribution in [3.05, 3.63) is 81.6 Å². The summed E-state index contributed by atoms with van der Waals surface area (Å²) in [5.41, 5.74) is 1.39. The molecule has 33 heavy (non-hydrogen) atoms. The molecule has 9 heteroatoms. The highest BCUT2D eigenvalue weighted by Crippen LogP contribution is 2.36. The van der Waals surface area contributed by atoms with Crippen molar-refractivity contribution in [2.24, 2.45) is 4.99 Å². The lowest BCUT2D eigenvalue weighted by Gasteiger charge is -2.26. The summed E-state index contributed by atoms with van der Waals surface area (Å²) < 4.78 is 14.5. The van der Waals surface area contributed by atoms with Crippen LogP contribution in [0.3, 0.4) is 0 Å². The third-order valence-electron chi connectivity index (χ3n) is 4.96. The zero-order valence-electron chi connectivity index (χ0n) is 18.6. The second-order valence-electron chi connectivity index (χ2n) is 7.65. The Labute approximate surface area is 207 Å². The van der Waals surface area contributed by atoms with Gasteiger partial charge in [-0.25, -0.2) is 9.79 Å². The van der Waals surface area contributed by atoms with Crippen LogP contribution in [0.2, 0.25) is 0 Å². The zero-order chi connectivity index (χ0) is 23.7. The predicted molar refractivity (Wildman–Crippen MR) is 135 cm³/mol. The number of nitrogens with zero attached hydrogens (tertiary/aromatic N) is 2. The molecule has 0 spiro atoms. The number of carbonyl (C=O) groups is 1. The number of para-hydroxylation sites is 1. The summed E-state index contributed by atoms with van der Waals surface area (Å²) in [5, 5.41) is 0. The number of halogens is 1. The molecule has 0 radical (unpaired) electrons. The number of rotatable bonds is 6. The molecule has 0 unspecified atom stereocenters. The minimum absolute atomic E-state index is 0.0737. The molecule has 0 fully saturated rings. The summed E-state index contributed by atoms with van der Waals surface area (Å²) in [5.74, 6) is 0.130. The summed E-state index contributed by atoms with van der Waals surface area (Å²) in [4.78, 5) is 32.8. The van der Waals surface area contributed by atoms with E-state index in [2.05, 4.69) is 20.9 Å². The van der Waals surface area contributed by atoms with Crippen LogP contribution in [0, 0.1) is 0 Å². The standard InChI is InChI=1S/C24H23BrN2O4S2/c1-5-30-23(29)20-14(4)26-24-27(21(20)16-8-6-7-9-17(16)31-13(2)3)22(28)18(33-24)12-15-10-11-19(25)32-15/h6-13,21H,5H2,1-4H3/b18-12+/t21-/m0/s1. The number of esters is 1. The van der Waals surface area contributed by atoms with Crippen molar-refractivity contribution in [3.63, 3.8) is 0 Å². The van der Waals surface area contributed by atoms with E-state index in [0.29, 0.717) is 26.4 Å². The fourth-order valence-electron chi connectivity index (χ4n) is 3.69. The van der Waals surface area contributed by atoms with E-state index in [1.165, 1.54) is 11.3 Å². The molecule has 0 amide bonds. The van der Waals surface area contributed by atoms with Gasteiger partial charge in [0, 0.05) is 10.4 Å². The minimum atomic E-state index is -0.701. The fourth-order valence-corrected chi connectivity index (χ4v) is 6.17. The second-order valence-corrected chi connectivity index (χ2v) is 11.2. The molecule has 6 nitrogen and oxygen atoms in total. The quantitative estimate of drug-likeness (QED) is 0.429. The highest BCUT2D eigenvalue weighted by atomic mass is 79.9. The van der Waals surface area contributed by atoms with Crippen molar-refractivity contribution in [1.82, 2.24) is 4.57 Å². The van der Waals surface area contributed by atoms with Gasteiger partial charge < -0.3 is 9.47 Å². The first kappa shape index (κ1) is 23.7. The molecule has 0 aliphatic carbocycles. The van der Waals surface area contributed by atoms with E-state index in [-0.39, 0.29) is 18.3 Å². The number of carbonyl (C=O) groups excluding carboxylic acids is 1. The molecule has 3 heterocycles. The van der Waals surface area contributed by atoms with E-state index in [9.17, 15) is 9.59 Å². The maximum Gasteiger partial charge on any atom is 0.338 e. The van der Waals surface area contributed by atoms with Gasteiger partial charge in [-0.05, 0) is 67.9 Å². The second kappa shape index (κ2) is 9.79. The van der Waals surface area contributed by atoms with E-state index in [0.717, 1.165) is 14.2 Å². The Balaban J connectivity index is 1.98. The van der Waals surface area contributed by atoms with Gasteiger partial charge in [-0.2, -0.15) is 0 Å². The minimum Gasteiger partial charge on any atom is -0.491 e. The number of hydrogen-bond donors (Lipinski definition) is 0. The van der Waals surface area contributed by atoms with Crippen LogP contribution in [-0.2, 0) is 9.53 Å². The average Bonchev–Trinajstić information content (AvgIpc) is 3.30. The van der Waals surface area contributed by atoms with Gasteiger partial charge in [-0.3, -0.25) is 9.36 Å². The van der Waals surface area contributed by atoms with Gasteiger partial charge in [0.1, 0.15) is 11.8 Å². The van der Waals surface area contributed by atoms with E-state index < -0.39 is 12.0 Å². The number of thiazole rings is 1. The molecule has 0 saturated heterocycles. The summed E-state index contributed by atoms with van der Waals surface area (Å²) in [7, 11) is 0. The van der Waals surface area contributed by atoms with Crippen molar-refractivity contribution in [2.75, 3.05) is 6.61 Å². The number of benzene rings is 1. The molecular weight excluding hydrogens is 524 g/mol. The first-order valence-corrected chi connectivity index (χ1v) is 12.9. The molecule has 0 N–H and O–H groups in total. The third-order valence-corrected chi connectivity index (χ3v) is 7.51. The summed E-state index contributed by atoms with van der Waals surface area (Å²) >= 11 is 6.31. The first-order valence-electron chi connectivity index (χ1n) is 10.5. The molecule has 1 atom stereocenters. The van der Waals surface area contributed by atoms with Gasteiger partial charge >= 0.3 is 5.97 Å². The normalized spacial score (nSPS) is 16.1. The predicted octanol–water partition coefficient (Wildman–Crippen LogP) is 4.41. The Bertz CT molecular complexity index is 1410. The molecule has 4 rings (SSSR count). The lowest BCUT2D eigenvalue weighted by atomic mass is 9.95. The molecule has 3 aromatic rings. The summed E-state index contributed by atoms with van der Waals surface area (Å²) in [6, 6.07) is 10.7. The van der Waals surface area contributed by atoms with E-state index >= 15 is 0 Å². The van der Waals surface area contributed by atoms with Crippen LogP contribution in [0.5, 0.6) is 5.75 Å². The number of thiophene rings is 1. The molecule has 0 bridgehead atoms. The Morgan fingerprint density at radius 1 is 1.24 bits per heavy atom. The molecule has 0 saturated carbocycles. The van der Waals surface area contributed by atoms with Crippen molar-refractivity contribution < 1.29 is 14.3 Å². The molecule has 2 aromatic heterocycles. The third kappa shape index (κ3) is 4.76. The SMILES string of the molecule is CCOC(=O)C1=C(C)N=c2s/c(=C/c3ccc(Br)s3)c(=O)n2[C@H]1c1ccccc1OC(C)C. The van der Waals surface area contributed by atoms with Gasteiger partial charge in [0.2, 0.25) is 0 Å². The number of ether oxygens (including phenoxy) is 2. The number of hydrogen-bond acceptors (Lipinski definition) is 7. The van der Waals surface area contributed by atoms with Crippen molar-refractivity contribution in [3.8, 4) is 5.75 Å². The summed E-state index contributed by atoms with van der Waals surface area (Å²) in [6.07, 6.45) is 1.78. The number of aromatic nitrogens is 1. The zero-order valence-corrected chi connectivity index (χ0v) is 21.8. The van der Waals surface area contributed by atoms with Crippen LogP contribution in [0.15, 0.2) is 61.2 Å². The van der Waals surface area contributed by atoms with Gasteiger partial charge in [-0.1, -0.05) is 29.5 Å². The smallest absolute Gasteiger partial charge is 0.338 e. The maximum absolute atomic E-state index is 13.6. The fraction of sp³-hybridized carbons (Fsp3) is 0.292. The molecule has 1 aliphatic rings. The highest BCUT2D eigenvalue weighted by molar-refractivity contribution is 9.11. The average molecular weight is 547 g/mol. The lowest BCUT2D eigenvalue weighted by molar-refractivity contribution is -0.139. The van der Waals surface area contributed by atoms with Crippen molar-refractivity contribution >= 4 is 50.6 Å². The van der Waals surface area contributed by atoms with E-state index in [1.807, 2.05) is 56.3 Å². The lowest BCUT2D eigenvalue weighted by Crippen LogP contribution is -2.40. The van der Waals surface area contributed by atoms with Crippen LogP contribution in [0.4, 0.5) is 0 Å². The van der Waals surface area contributed by atoms with Gasteiger partial charge in [0.25, 0.3) is 5.56 Å². The largest absolute Gasteiger partial charge is 0.491 e. The molecular formula is C24H23BrN2O4S2. The van der Waals surface area contributed by atoms with Gasteiger partial charge in [0.05, 0.1) is 32.3 Å². The van der Waals surface area contributed by atoms with Crippen LogP contribution in [-0.4, -0.2) is 23.2 Å². The topological polar surface area (TPSA) is 69.9 Å². The Kier molecular flexibility index (Phi) is 7.02. The Morgan fingerprint density at radius 3 is 2.67 bits per heavy atom. The van der Waals surface area contributed by atoms with Crippen molar-refractivity contribution in [2.45, 2.75) is 39.8 Å². The Hall–Kier alpha value is -2.49. The molecule has 1 aromatic carbocycles. The van der Waals surface area contributed by atoms with E-state index in [4.69, 9.17) is 9.47 Å². The summed E-state index contributed by atoms with van der Waals surface area (Å²) in [6.45, 7) is 7.64. The molecule has 172 valence electrons. The van der Waals surface area contributed by atoms with Crippen molar-refractivity contribution in [1.29, 1.82) is 0 Å². The highest BCUT2D eigenvalue weighted by Gasteiger charge is 2.35. The Morgan fingerprint density at radius 2 is 2.00 bits per heavy atom.